The largest absolute Gasteiger partial charge is 0.498 e. The summed E-state index contributed by atoms with van der Waals surface area (Å²) in [6.07, 6.45) is 5.79. The van der Waals surface area contributed by atoms with Gasteiger partial charge >= 0.3 is 0 Å². The number of hydrogen-bond acceptors (Lipinski definition) is 3. The summed E-state index contributed by atoms with van der Waals surface area (Å²) < 4.78 is 11.2. The molecule has 2 heterocycles. The van der Waals surface area contributed by atoms with Crippen molar-refractivity contribution in [3.8, 4) is 0 Å². The molecule has 0 spiro atoms. The highest BCUT2D eigenvalue weighted by molar-refractivity contribution is 5.29. The van der Waals surface area contributed by atoms with Crippen LogP contribution in [0.4, 0.5) is 0 Å². The van der Waals surface area contributed by atoms with Crippen molar-refractivity contribution in [1.29, 1.82) is 0 Å². The maximum absolute atomic E-state index is 9.85. The number of aliphatic hydroxyl groups is 1. The zero-order chi connectivity index (χ0) is 9.71. The van der Waals surface area contributed by atoms with Gasteiger partial charge in [-0.3, -0.25) is 0 Å². The zero-order valence-corrected chi connectivity index (χ0v) is 8.09. The number of aliphatic hydroxyl groups excluding tert-OH is 1. The van der Waals surface area contributed by atoms with Crippen LogP contribution in [0.5, 0.6) is 0 Å². The van der Waals surface area contributed by atoms with Gasteiger partial charge in [0.2, 0.25) is 0 Å². The molecule has 0 saturated carbocycles. The third kappa shape index (κ3) is 0.940. The third-order valence-corrected chi connectivity index (χ3v) is 3.32. The molecule has 3 aliphatic rings. The first-order chi connectivity index (χ1) is 6.81. The average Bonchev–Trinajstić information content (AvgIpc) is 2.80. The van der Waals surface area contributed by atoms with Gasteiger partial charge < -0.3 is 14.6 Å². The molecule has 76 valence electrons. The highest BCUT2D eigenvalue weighted by Crippen LogP contribution is 2.48. The van der Waals surface area contributed by atoms with Crippen molar-refractivity contribution in [2.45, 2.75) is 25.2 Å². The minimum atomic E-state index is -0.401. The topological polar surface area (TPSA) is 38.7 Å². The number of fused-ring (bicyclic) bond motifs is 5. The molecule has 2 aliphatic heterocycles. The van der Waals surface area contributed by atoms with Gasteiger partial charge in [-0.1, -0.05) is 12.2 Å². The van der Waals surface area contributed by atoms with Crippen LogP contribution in [0.25, 0.3) is 0 Å². The summed E-state index contributed by atoms with van der Waals surface area (Å²) in [5, 5.41) is 9.85. The predicted molar refractivity (Wildman–Crippen MR) is 50.5 cm³/mol. The van der Waals surface area contributed by atoms with Crippen LogP contribution >= 0.6 is 0 Å². The summed E-state index contributed by atoms with van der Waals surface area (Å²) in [4.78, 5) is 0. The van der Waals surface area contributed by atoms with Crippen LogP contribution in [0.3, 0.4) is 0 Å². The fourth-order valence-corrected chi connectivity index (χ4v) is 2.80. The normalized spacial score (nSPS) is 48.1. The molecule has 2 bridgehead atoms. The molecular weight excluding hydrogens is 180 g/mol. The molecule has 0 aromatic rings. The molecule has 0 radical (unpaired) electrons. The van der Waals surface area contributed by atoms with Crippen LogP contribution < -0.4 is 0 Å². The van der Waals surface area contributed by atoms with E-state index in [0.717, 1.165) is 5.76 Å². The SMILES string of the molecule is CCOC1=C[C@@H](O)[C@@H]2[C@H]1[C@H]1C=C[C@@H]2O1. The van der Waals surface area contributed by atoms with Crippen LogP contribution in [0.15, 0.2) is 24.0 Å². The Bertz CT molecular complexity index is 308. The lowest BCUT2D eigenvalue weighted by atomic mass is 9.84. The monoisotopic (exact) mass is 194 g/mol. The summed E-state index contributed by atoms with van der Waals surface area (Å²) in [6, 6.07) is 0. The fourth-order valence-electron chi connectivity index (χ4n) is 2.80. The Hall–Kier alpha value is -0.800. The van der Waals surface area contributed by atoms with Gasteiger partial charge in [-0.2, -0.15) is 0 Å². The molecule has 0 aromatic heterocycles. The van der Waals surface area contributed by atoms with E-state index in [1.54, 1.807) is 0 Å². The number of ether oxygens (including phenoxy) is 2. The van der Waals surface area contributed by atoms with Gasteiger partial charge in [-0.25, -0.2) is 0 Å². The smallest absolute Gasteiger partial charge is 0.101 e. The van der Waals surface area contributed by atoms with Gasteiger partial charge in [-0.05, 0) is 13.0 Å². The lowest BCUT2D eigenvalue weighted by Gasteiger charge is -2.21. The van der Waals surface area contributed by atoms with Gasteiger partial charge in [0.05, 0.1) is 30.8 Å². The first kappa shape index (κ1) is 8.50. The van der Waals surface area contributed by atoms with E-state index in [9.17, 15) is 5.11 Å². The third-order valence-electron chi connectivity index (χ3n) is 3.32. The Morgan fingerprint density at radius 3 is 3.00 bits per heavy atom. The van der Waals surface area contributed by atoms with E-state index in [0.29, 0.717) is 6.61 Å². The van der Waals surface area contributed by atoms with E-state index < -0.39 is 6.10 Å². The second-order valence-corrected chi connectivity index (χ2v) is 4.05. The molecule has 0 unspecified atom stereocenters. The molecule has 1 fully saturated rings. The molecular formula is C11H14O3. The van der Waals surface area contributed by atoms with Gasteiger partial charge in [0.15, 0.2) is 0 Å². The fraction of sp³-hybridized carbons (Fsp3) is 0.636. The first-order valence-corrected chi connectivity index (χ1v) is 5.17. The van der Waals surface area contributed by atoms with Crippen molar-refractivity contribution >= 4 is 0 Å². The zero-order valence-electron chi connectivity index (χ0n) is 8.09. The minimum absolute atomic E-state index is 0.0919. The minimum Gasteiger partial charge on any atom is -0.498 e. The van der Waals surface area contributed by atoms with Crippen LogP contribution in [-0.4, -0.2) is 30.0 Å². The molecule has 1 aliphatic carbocycles. The summed E-state index contributed by atoms with van der Waals surface area (Å²) in [5.41, 5.74) is 0. The van der Waals surface area contributed by atoms with Gasteiger partial charge in [0.1, 0.15) is 5.76 Å². The van der Waals surface area contributed by atoms with E-state index in [-0.39, 0.29) is 24.0 Å². The lowest BCUT2D eigenvalue weighted by Crippen LogP contribution is -2.29. The standard InChI is InChI=1S/C11H14O3/c1-2-13-9-5-6(12)10-7-3-4-8(14-7)11(9)10/h3-8,10-12H,2H2,1H3/t6-,7+,8-,10+,11+/m1/s1. The van der Waals surface area contributed by atoms with Crippen LogP contribution in [0.1, 0.15) is 6.92 Å². The Balaban J connectivity index is 1.90. The Morgan fingerprint density at radius 2 is 2.21 bits per heavy atom. The summed E-state index contributed by atoms with van der Waals surface area (Å²) >= 11 is 0. The quantitative estimate of drug-likeness (QED) is 0.662. The lowest BCUT2D eigenvalue weighted by molar-refractivity contribution is 0.0746. The molecule has 3 heteroatoms. The van der Waals surface area contributed by atoms with Crippen molar-refractivity contribution in [1.82, 2.24) is 0 Å². The number of hydrogen-bond donors (Lipinski definition) is 1. The predicted octanol–water partition coefficient (Wildman–Crippen LogP) is 0.851. The molecule has 1 saturated heterocycles. The average molecular weight is 194 g/mol. The van der Waals surface area contributed by atoms with E-state index in [2.05, 4.69) is 12.2 Å². The molecule has 3 nitrogen and oxygen atoms in total. The van der Waals surface area contributed by atoms with Crippen molar-refractivity contribution in [3.05, 3.63) is 24.0 Å². The molecule has 0 amide bonds. The first-order valence-electron chi connectivity index (χ1n) is 5.17. The summed E-state index contributed by atoms with van der Waals surface area (Å²) in [5.74, 6) is 1.35. The van der Waals surface area contributed by atoms with E-state index in [1.165, 1.54) is 0 Å². The molecule has 14 heavy (non-hydrogen) atoms. The van der Waals surface area contributed by atoms with Crippen molar-refractivity contribution < 1.29 is 14.6 Å². The van der Waals surface area contributed by atoms with Gasteiger partial charge in [0.25, 0.3) is 0 Å². The summed E-state index contributed by atoms with van der Waals surface area (Å²) in [6.45, 7) is 2.62. The second-order valence-electron chi connectivity index (χ2n) is 4.05. The van der Waals surface area contributed by atoms with Crippen molar-refractivity contribution in [2.24, 2.45) is 11.8 Å². The van der Waals surface area contributed by atoms with E-state index in [4.69, 9.17) is 9.47 Å². The van der Waals surface area contributed by atoms with Gasteiger partial charge in [0, 0.05) is 5.92 Å². The summed E-state index contributed by atoms with van der Waals surface area (Å²) in [7, 11) is 0. The molecule has 0 aromatic carbocycles. The van der Waals surface area contributed by atoms with E-state index >= 15 is 0 Å². The maximum Gasteiger partial charge on any atom is 0.101 e. The molecule has 5 atom stereocenters. The van der Waals surface area contributed by atoms with Crippen LogP contribution in [0, 0.1) is 11.8 Å². The van der Waals surface area contributed by atoms with E-state index in [1.807, 2.05) is 13.0 Å². The second kappa shape index (κ2) is 2.84. The Kier molecular flexibility index (Phi) is 1.73. The highest BCUT2D eigenvalue weighted by atomic mass is 16.5. The number of rotatable bonds is 2. The maximum atomic E-state index is 9.85. The molecule has 1 N–H and O–H groups in total. The molecule has 3 rings (SSSR count). The van der Waals surface area contributed by atoms with Crippen LogP contribution in [-0.2, 0) is 9.47 Å². The Labute approximate surface area is 83.0 Å². The van der Waals surface area contributed by atoms with Gasteiger partial charge in [-0.15, -0.1) is 0 Å². The van der Waals surface area contributed by atoms with Crippen LogP contribution in [0.2, 0.25) is 0 Å². The highest BCUT2D eigenvalue weighted by Gasteiger charge is 2.54. The Morgan fingerprint density at radius 1 is 1.43 bits per heavy atom. The van der Waals surface area contributed by atoms with Crippen molar-refractivity contribution in [2.75, 3.05) is 6.61 Å². The van der Waals surface area contributed by atoms with Crippen molar-refractivity contribution in [3.63, 3.8) is 0 Å².